The van der Waals surface area contributed by atoms with E-state index in [0.29, 0.717) is 29.5 Å². The van der Waals surface area contributed by atoms with Crippen LogP contribution in [0.5, 0.6) is 5.75 Å². The van der Waals surface area contributed by atoms with Gasteiger partial charge in [0.05, 0.1) is 17.0 Å². The number of hydrogen-bond acceptors (Lipinski definition) is 4. The van der Waals surface area contributed by atoms with Crippen LogP contribution in [0.2, 0.25) is 5.02 Å². The zero-order valence-electron chi connectivity index (χ0n) is 14.2. The lowest BCUT2D eigenvalue weighted by molar-refractivity contribution is 0.102. The quantitative estimate of drug-likeness (QED) is 0.843. The summed E-state index contributed by atoms with van der Waals surface area (Å²) in [7, 11) is -2.06. The summed E-state index contributed by atoms with van der Waals surface area (Å²) in [6, 6.07) is 10.9. The highest BCUT2D eigenvalue weighted by Crippen LogP contribution is 2.27. The Morgan fingerprint density at radius 1 is 1.15 bits per heavy atom. The van der Waals surface area contributed by atoms with E-state index in [4.69, 9.17) is 16.3 Å². The standard InChI is InChI=1S/C18H19ClN2O4S/c1-25-17-8-7-14(12-16(17)19)20-18(22)13-5-4-6-15(11-13)26(23,24)21-9-2-3-10-21/h4-8,11-12H,2-3,9-10H2,1H3,(H,20,22). The van der Waals surface area contributed by atoms with Crippen LogP contribution in [-0.4, -0.2) is 38.8 Å². The summed E-state index contributed by atoms with van der Waals surface area (Å²) in [6.07, 6.45) is 1.72. The Labute approximate surface area is 157 Å². The number of sulfonamides is 1. The molecule has 1 N–H and O–H groups in total. The zero-order valence-corrected chi connectivity index (χ0v) is 15.8. The summed E-state index contributed by atoms with van der Waals surface area (Å²) in [5.41, 5.74) is 0.755. The second-order valence-corrected chi connectivity index (χ2v) is 8.29. The number of halogens is 1. The van der Waals surface area contributed by atoms with Gasteiger partial charge in [0, 0.05) is 24.3 Å². The van der Waals surface area contributed by atoms with Gasteiger partial charge in [-0.05, 0) is 49.2 Å². The van der Waals surface area contributed by atoms with E-state index in [2.05, 4.69) is 5.32 Å². The summed E-state index contributed by atoms with van der Waals surface area (Å²) in [5.74, 6) is 0.0908. The molecule has 2 aromatic rings. The zero-order chi connectivity index (χ0) is 18.7. The largest absolute Gasteiger partial charge is 0.495 e. The maximum absolute atomic E-state index is 12.6. The number of benzene rings is 2. The number of carbonyl (C=O) groups is 1. The number of ether oxygens (including phenoxy) is 1. The molecule has 0 radical (unpaired) electrons. The van der Waals surface area contributed by atoms with Crippen LogP contribution < -0.4 is 10.1 Å². The smallest absolute Gasteiger partial charge is 0.255 e. The lowest BCUT2D eigenvalue weighted by Crippen LogP contribution is -2.28. The van der Waals surface area contributed by atoms with Gasteiger partial charge in [0.1, 0.15) is 5.75 Å². The Morgan fingerprint density at radius 2 is 1.88 bits per heavy atom. The number of carbonyl (C=O) groups excluding carboxylic acids is 1. The summed E-state index contributed by atoms with van der Waals surface area (Å²) in [4.78, 5) is 12.6. The molecular weight excluding hydrogens is 376 g/mol. The highest BCUT2D eigenvalue weighted by Gasteiger charge is 2.27. The monoisotopic (exact) mass is 394 g/mol. The topological polar surface area (TPSA) is 75.7 Å². The molecule has 138 valence electrons. The molecule has 3 rings (SSSR count). The van der Waals surface area contributed by atoms with E-state index in [0.717, 1.165) is 12.8 Å². The van der Waals surface area contributed by atoms with Crippen LogP contribution in [0, 0.1) is 0 Å². The average Bonchev–Trinajstić information content (AvgIpc) is 3.17. The normalized spacial score (nSPS) is 15.0. The van der Waals surface area contributed by atoms with Crippen LogP contribution in [0.3, 0.4) is 0 Å². The van der Waals surface area contributed by atoms with E-state index >= 15 is 0 Å². The van der Waals surface area contributed by atoms with Crippen molar-refractivity contribution in [1.29, 1.82) is 0 Å². The summed E-state index contributed by atoms with van der Waals surface area (Å²) in [5, 5.41) is 3.08. The fourth-order valence-corrected chi connectivity index (χ4v) is 4.64. The second-order valence-electron chi connectivity index (χ2n) is 5.94. The highest BCUT2D eigenvalue weighted by molar-refractivity contribution is 7.89. The van der Waals surface area contributed by atoms with Crippen LogP contribution in [0.15, 0.2) is 47.4 Å². The predicted molar refractivity (Wildman–Crippen MR) is 100 cm³/mol. The molecule has 6 nitrogen and oxygen atoms in total. The molecule has 1 fully saturated rings. The van der Waals surface area contributed by atoms with Crippen LogP contribution in [0.4, 0.5) is 5.69 Å². The molecule has 0 saturated carbocycles. The van der Waals surface area contributed by atoms with E-state index in [1.54, 1.807) is 30.3 Å². The second kappa shape index (κ2) is 7.65. The first-order valence-corrected chi connectivity index (χ1v) is 9.99. The lowest BCUT2D eigenvalue weighted by Gasteiger charge is -2.16. The molecule has 0 atom stereocenters. The molecule has 1 aliphatic rings. The van der Waals surface area contributed by atoms with Gasteiger partial charge in [0.2, 0.25) is 10.0 Å². The van der Waals surface area contributed by atoms with Crippen molar-refractivity contribution < 1.29 is 17.9 Å². The fraction of sp³-hybridized carbons (Fsp3) is 0.278. The van der Waals surface area contributed by atoms with E-state index < -0.39 is 15.9 Å². The highest BCUT2D eigenvalue weighted by atomic mass is 35.5. The number of nitrogens with zero attached hydrogens (tertiary/aromatic N) is 1. The first kappa shape index (κ1) is 18.7. The van der Waals surface area contributed by atoms with Crippen molar-refractivity contribution in [3.8, 4) is 5.75 Å². The molecule has 0 spiro atoms. The molecule has 1 heterocycles. The van der Waals surface area contributed by atoms with E-state index in [1.807, 2.05) is 0 Å². The van der Waals surface area contributed by atoms with Gasteiger partial charge in [-0.1, -0.05) is 17.7 Å². The molecule has 0 aromatic heterocycles. The molecule has 8 heteroatoms. The van der Waals surface area contributed by atoms with E-state index in [1.165, 1.54) is 23.5 Å². The Bertz CT molecular complexity index is 925. The SMILES string of the molecule is COc1ccc(NC(=O)c2cccc(S(=O)(=O)N3CCCC3)c2)cc1Cl. The maximum Gasteiger partial charge on any atom is 0.255 e. The van der Waals surface area contributed by atoms with Crippen molar-refractivity contribution in [2.75, 3.05) is 25.5 Å². The van der Waals surface area contributed by atoms with Crippen molar-refractivity contribution in [1.82, 2.24) is 4.31 Å². The maximum atomic E-state index is 12.6. The Hall–Kier alpha value is -2.09. The fourth-order valence-electron chi connectivity index (χ4n) is 2.82. The van der Waals surface area contributed by atoms with Crippen molar-refractivity contribution in [2.45, 2.75) is 17.7 Å². The van der Waals surface area contributed by atoms with Gasteiger partial charge in [0.25, 0.3) is 5.91 Å². The first-order chi connectivity index (χ1) is 12.4. The Balaban J connectivity index is 1.81. The van der Waals surface area contributed by atoms with Crippen molar-refractivity contribution in [2.24, 2.45) is 0 Å². The molecule has 0 bridgehead atoms. The molecule has 1 amide bonds. The molecular formula is C18H19ClN2O4S. The Morgan fingerprint density at radius 3 is 2.54 bits per heavy atom. The molecule has 26 heavy (non-hydrogen) atoms. The van der Waals surface area contributed by atoms with Crippen molar-refractivity contribution >= 4 is 33.2 Å². The lowest BCUT2D eigenvalue weighted by atomic mass is 10.2. The number of hydrogen-bond donors (Lipinski definition) is 1. The van der Waals surface area contributed by atoms with Crippen molar-refractivity contribution in [3.63, 3.8) is 0 Å². The Kier molecular flexibility index (Phi) is 5.50. The minimum absolute atomic E-state index is 0.125. The minimum Gasteiger partial charge on any atom is -0.495 e. The van der Waals surface area contributed by atoms with Gasteiger partial charge in [-0.3, -0.25) is 4.79 Å². The molecule has 0 aliphatic carbocycles. The first-order valence-electron chi connectivity index (χ1n) is 8.17. The minimum atomic E-state index is -3.57. The van der Waals surface area contributed by atoms with Crippen LogP contribution in [0.25, 0.3) is 0 Å². The predicted octanol–water partition coefficient (Wildman–Crippen LogP) is 3.39. The number of amides is 1. The summed E-state index contributed by atoms with van der Waals surface area (Å²) < 4.78 is 31.8. The van der Waals surface area contributed by atoms with Gasteiger partial charge in [0.15, 0.2) is 0 Å². The van der Waals surface area contributed by atoms with Gasteiger partial charge in [-0.2, -0.15) is 4.31 Å². The number of anilines is 1. The van der Waals surface area contributed by atoms with Gasteiger partial charge in [-0.15, -0.1) is 0 Å². The van der Waals surface area contributed by atoms with Crippen LogP contribution in [0.1, 0.15) is 23.2 Å². The third-order valence-corrected chi connectivity index (χ3v) is 6.40. The van der Waals surface area contributed by atoms with Gasteiger partial charge < -0.3 is 10.1 Å². The molecule has 1 saturated heterocycles. The van der Waals surface area contributed by atoms with Gasteiger partial charge in [-0.25, -0.2) is 8.42 Å². The van der Waals surface area contributed by atoms with E-state index in [-0.39, 0.29) is 10.5 Å². The molecule has 1 aliphatic heterocycles. The third-order valence-electron chi connectivity index (χ3n) is 4.21. The molecule has 0 unspecified atom stereocenters. The summed E-state index contributed by atoms with van der Waals surface area (Å²) in [6.45, 7) is 1.03. The molecule has 2 aromatic carbocycles. The number of nitrogens with one attached hydrogen (secondary N) is 1. The average molecular weight is 395 g/mol. The third kappa shape index (κ3) is 3.85. The number of methoxy groups -OCH3 is 1. The van der Waals surface area contributed by atoms with Crippen LogP contribution in [-0.2, 0) is 10.0 Å². The number of rotatable bonds is 5. The van der Waals surface area contributed by atoms with Gasteiger partial charge >= 0.3 is 0 Å². The van der Waals surface area contributed by atoms with E-state index in [9.17, 15) is 13.2 Å². The van der Waals surface area contributed by atoms with Crippen molar-refractivity contribution in [3.05, 3.63) is 53.1 Å². The summed E-state index contributed by atoms with van der Waals surface area (Å²) >= 11 is 6.06. The van der Waals surface area contributed by atoms with Crippen LogP contribution >= 0.6 is 11.6 Å².